The molecule has 0 saturated carbocycles. The van der Waals surface area contributed by atoms with Gasteiger partial charge in [-0.1, -0.05) is 0 Å². The maximum atomic E-state index is 11.7. The van der Waals surface area contributed by atoms with Gasteiger partial charge in [0, 0.05) is 6.92 Å². The summed E-state index contributed by atoms with van der Waals surface area (Å²) in [5.41, 5.74) is 0. The van der Waals surface area contributed by atoms with E-state index in [1.54, 1.807) is 0 Å². The molecule has 86 valence electrons. The highest BCUT2D eigenvalue weighted by Gasteiger charge is 2.24. The molecule has 0 bridgehead atoms. The van der Waals surface area contributed by atoms with Crippen LogP contribution in [-0.2, 0) is 14.6 Å². The van der Waals surface area contributed by atoms with Gasteiger partial charge in [0.05, 0.1) is 12.0 Å². The number of benzene rings is 1. The molecule has 0 aliphatic rings. The molecule has 1 aromatic rings. The van der Waals surface area contributed by atoms with E-state index < -0.39 is 20.7 Å². The monoisotopic (exact) mass is 241 g/mol. The number of ketones is 1. The van der Waals surface area contributed by atoms with Crippen LogP contribution in [0.4, 0.5) is 0 Å². The van der Waals surface area contributed by atoms with Gasteiger partial charge in [0.25, 0.3) is 0 Å². The molecule has 0 aromatic heterocycles. The van der Waals surface area contributed by atoms with Gasteiger partial charge in [-0.15, -0.1) is 0 Å². The minimum atomic E-state index is -3.98. The van der Waals surface area contributed by atoms with E-state index in [2.05, 4.69) is 0 Å². The summed E-state index contributed by atoms with van der Waals surface area (Å²) in [7, 11) is -2.53. The van der Waals surface area contributed by atoms with Gasteiger partial charge in [-0.05, 0) is 24.3 Å². The number of Topliss-reactive ketones (excluding diaryl/α,β-unsaturated/α-hetero) is 1. The Kier molecular flexibility index (Phi) is 3.44. The highest BCUT2D eigenvalue weighted by atomic mass is 32.2. The lowest BCUT2D eigenvalue weighted by Gasteiger charge is -2.04. The Hall–Kier alpha value is -1.69. The zero-order chi connectivity index (χ0) is 12.3. The Labute approximate surface area is 93.5 Å². The molecule has 0 saturated heterocycles. The lowest BCUT2D eigenvalue weighted by molar-refractivity contribution is -0.110. The lowest BCUT2D eigenvalue weighted by Crippen LogP contribution is -2.21. The minimum Gasteiger partial charge on any atom is -0.497 e. The van der Waals surface area contributed by atoms with Crippen LogP contribution in [0.5, 0.6) is 5.75 Å². The number of hydrogen-bond donors (Lipinski definition) is 1. The Morgan fingerprint density at radius 1 is 1.25 bits per heavy atom. The molecular formula is C10H11NO4S. The van der Waals surface area contributed by atoms with Gasteiger partial charge in [-0.2, -0.15) is 0 Å². The van der Waals surface area contributed by atoms with Gasteiger partial charge in [0.1, 0.15) is 5.75 Å². The fourth-order valence-electron chi connectivity index (χ4n) is 1.06. The number of methoxy groups -OCH3 is 1. The Balaban J connectivity index is 3.18. The zero-order valence-electron chi connectivity index (χ0n) is 8.85. The summed E-state index contributed by atoms with van der Waals surface area (Å²) in [6, 6.07) is 5.51. The molecule has 0 amide bonds. The summed E-state index contributed by atoms with van der Waals surface area (Å²) < 4.78 is 28.2. The number of rotatable bonds is 3. The summed E-state index contributed by atoms with van der Waals surface area (Å²) in [5, 5.41) is 6.31. The average Bonchev–Trinajstić information content (AvgIpc) is 2.28. The van der Waals surface area contributed by atoms with Crippen molar-refractivity contribution in [3.05, 3.63) is 24.3 Å². The van der Waals surface area contributed by atoms with Crippen molar-refractivity contribution in [3.8, 4) is 5.75 Å². The number of ether oxygens (including phenoxy) is 1. The largest absolute Gasteiger partial charge is 0.497 e. The first kappa shape index (κ1) is 12.4. The summed E-state index contributed by atoms with van der Waals surface area (Å²) in [4.78, 5) is 10.8. The van der Waals surface area contributed by atoms with Gasteiger partial charge >= 0.3 is 0 Å². The lowest BCUT2D eigenvalue weighted by atomic mass is 10.3. The van der Waals surface area contributed by atoms with E-state index in [9.17, 15) is 13.2 Å². The number of hydrogen-bond acceptors (Lipinski definition) is 5. The first-order chi connectivity index (χ1) is 7.39. The first-order valence-corrected chi connectivity index (χ1v) is 5.86. The van der Waals surface area contributed by atoms with Gasteiger partial charge in [0.15, 0.2) is 10.8 Å². The van der Waals surface area contributed by atoms with Crippen molar-refractivity contribution in [3.63, 3.8) is 0 Å². The minimum absolute atomic E-state index is 0.0894. The van der Waals surface area contributed by atoms with E-state index in [4.69, 9.17) is 10.1 Å². The molecule has 0 atom stereocenters. The molecule has 0 unspecified atom stereocenters. The fourth-order valence-corrected chi connectivity index (χ4v) is 2.17. The third-order valence-electron chi connectivity index (χ3n) is 1.96. The van der Waals surface area contributed by atoms with Crippen molar-refractivity contribution in [1.82, 2.24) is 0 Å². The van der Waals surface area contributed by atoms with Crippen LogP contribution in [0.2, 0.25) is 0 Å². The highest BCUT2D eigenvalue weighted by Crippen LogP contribution is 2.17. The topological polar surface area (TPSA) is 84.3 Å². The smallest absolute Gasteiger partial charge is 0.226 e. The maximum absolute atomic E-state index is 11.7. The van der Waals surface area contributed by atoms with Crippen LogP contribution < -0.4 is 4.74 Å². The third kappa shape index (κ3) is 2.27. The first-order valence-electron chi connectivity index (χ1n) is 4.38. The maximum Gasteiger partial charge on any atom is 0.226 e. The van der Waals surface area contributed by atoms with Crippen LogP contribution in [0, 0.1) is 5.41 Å². The molecule has 0 fully saturated rings. The molecule has 0 heterocycles. The highest BCUT2D eigenvalue weighted by molar-refractivity contribution is 8.08. The second kappa shape index (κ2) is 4.44. The number of sulfone groups is 1. The molecule has 1 rings (SSSR count). The summed E-state index contributed by atoms with van der Waals surface area (Å²) >= 11 is 0. The van der Waals surface area contributed by atoms with Crippen molar-refractivity contribution < 1.29 is 17.9 Å². The van der Waals surface area contributed by atoms with Crippen molar-refractivity contribution in [2.75, 3.05) is 7.11 Å². The Morgan fingerprint density at radius 3 is 2.12 bits per heavy atom. The normalized spacial score (nSPS) is 10.9. The number of nitrogens with one attached hydrogen (secondary N) is 1. The van der Waals surface area contributed by atoms with Crippen LogP contribution in [0.1, 0.15) is 6.92 Å². The van der Waals surface area contributed by atoms with Crippen LogP contribution in [0.25, 0.3) is 0 Å². The molecule has 5 nitrogen and oxygen atoms in total. The van der Waals surface area contributed by atoms with Gasteiger partial charge in [0.2, 0.25) is 9.84 Å². The van der Waals surface area contributed by atoms with Crippen LogP contribution >= 0.6 is 0 Å². The van der Waals surface area contributed by atoms with Crippen molar-refractivity contribution in [2.24, 2.45) is 0 Å². The number of carbonyl (C=O) groups excluding carboxylic acids is 1. The van der Waals surface area contributed by atoms with Crippen LogP contribution in [0.15, 0.2) is 29.2 Å². The zero-order valence-corrected chi connectivity index (χ0v) is 9.67. The SMILES string of the molecule is COc1ccc(S(=O)(=O)C(=N)C(C)=O)cc1. The standard InChI is InChI=1S/C10H11NO4S/c1-7(12)10(11)16(13,14)9-5-3-8(15-2)4-6-9/h3-6,11H,1-2H3. The number of carbonyl (C=O) groups is 1. The Bertz CT molecular complexity index is 516. The summed E-state index contributed by atoms with van der Waals surface area (Å²) in [5.74, 6) is -0.274. The fraction of sp³-hybridized carbons (Fsp3) is 0.200. The quantitative estimate of drug-likeness (QED) is 0.632. The molecule has 0 aliphatic carbocycles. The van der Waals surface area contributed by atoms with E-state index >= 15 is 0 Å². The van der Waals surface area contributed by atoms with Crippen molar-refractivity contribution in [2.45, 2.75) is 11.8 Å². The second-order valence-corrected chi connectivity index (χ2v) is 4.95. The summed E-state index contributed by atoms with van der Waals surface area (Å²) in [6.07, 6.45) is 0. The molecule has 1 aromatic carbocycles. The van der Waals surface area contributed by atoms with Crippen LogP contribution in [0.3, 0.4) is 0 Å². The molecule has 16 heavy (non-hydrogen) atoms. The van der Waals surface area contributed by atoms with Crippen molar-refractivity contribution in [1.29, 1.82) is 5.41 Å². The predicted molar refractivity (Wildman–Crippen MR) is 58.6 cm³/mol. The van der Waals surface area contributed by atoms with Gasteiger partial charge < -0.3 is 4.74 Å². The molecule has 6 heteroatoms. The third-order valence-corrected chi connectivity index (χ3v) is 3.68. The van der Waals surface area contributed by atoms with Crippen molar-refractivity contribution >= 4 is 20.7 Å². The molecule has 0 spiro atoms. The Morgan fingerprint density at radius 2 is 1.75 bits per heavy atom. The van der Waals surface area contributed by atoms with Crippen LogP contribution in [-0.4, -0.2) is 26.4 Å². The van der Waals surface area contributed by atoms with E-state index in [1.807, 2.05) is 0 Å². The summed E-state index contributed by atoms with van der Waals surface area (Å²) in [6.45, 7) is 1.05. The second-order valence-electron chi connectivity index (χ2n) is 3.06. The van der Waals surface area contributed by atoms with E-state index in [0.717, 1.165) is 6.92 Å². The molecule has 1 N–H and O–H groups in total. The molecule has 0 radical (unpaired) electrons. The van der Waals surface area contributed by atoms with E-state index in [0.29, 0.717) is 5.75 Å². The molecule has 0 aliphatic heterocycles. The van der Waals surface area contributed by atoms with E-state index in [1.165, 1.54) is 31.4 Å². The molecular weight excluding hydrogens is 230 g/mol. The average molecular weight is 241 g/mol. The van der Waals surface area contributed by atoms with Gasteiger partial charge in [-0.3, -0.25) is 10.2 Å². The van der Waals surface area contributed by atoms with Gasteiger partial charge in [-0.25, -0.2) is 8.42 Å². The van der Waals surface area contributed by atoms with E-state index in [-0.39, 0.29) is 4.90 Å². The predicted octanol–water partition coefficient (Wildman–Crippen LogP) is 1.04.